The van der Waals surface area contributed by atoms with E-state index in [-0.39, 0.29) is 8.87 Å². The third-order valence-corrected chi connectivity index (χ3v) is 5.87. The second-order valence-corrected chi connectivity index (χ2v) is 6.99. The first-order valence-electron chi connectivity index (χ1n) is 6.84. The fourth-order valence-corrected chi connectivity index (χ4v) is 4.64. The summed E-state index contributed by atoms with van der Waals surface area (Å²) in [4.78, 5) is 23.3. The van der Waals surface area contributed by atoms with Crippen molar-refractivity contribution in [1.29, 1.82) is 0 Å². The molecular weight excluding hydrogens is 359 g/mol. The molecule has 3 aromatic rings. The standard InChI is InChI=1S/C18H12O4Se/c19-17(20)15-13(11-7-3-1-4-8-11)14(16(23-15)18(21)22)12-9-5-2-6-10-12/h1-10H,(H,19,20)(H,21,22). The number of carbonyl (C=O) groups is 2. The number of carboxylic acid groups (broad SMARTS) is 2. The average molecular weight is 371 g/mol. The van der Waals surface area contributed by atoms with Gasteiger partial charge in [-0.25, -0.2) is 0 Å². The fraction of sp³-hybridized carbons (Fsp3) is 0. The van der Waals surface area contributed by atoms with Crippen LogP contribution >= 0.6 is 0 Å². The van der Waals surface area contributed by atoms with E-state index in [2.05, 4.69) is 0 Å². The summed E-state index contributed by atoms with van der Waals surface area (Å²) in [5, 5.41) is 19.1. The summed E-state index contributed by atoms with van der Waals surface area (Å²) in [6.45, 7) is 0. The third kappa shape index (κ3) is 2.84. The van der Waals surface area contributed by atoms with Crippen molar-refractivity contribution >= 4 is 26.4 Å². The maximum absolute atomic E-state index is 11.7. The fourth-order valence-electron chi connectivity index (χ4n) is 2.49. The molecule has 114 valence electrons. The molecule has 0 aliphatic rings. The molecule has 0 bridgehead atoms. The van der Waals surface area contributed by atoms with E-state index in [9.17, 15) is 19.8 Å². The molecule has 0 spiro atoms. The van der Waals surface area contributed by atoms with E-state index >= 15 is 0 Å². The first kappa shape index (κ1) is 15.3. The van der Waals surface area contributed by atoms with Crippen LogP contribution in [-0.4, -0.2) is 36.7 Å². The van der Waals surface area contributed by atoms with Crippen molar-refractivity contribution in [1.82, 2.24) is 0 Å². The average Bonchev–Trinajstić information content (AvgIpc) is 2.97. The van der Waals surface area contributed by atoms with Gasteiger partial charge < -0.3 is 0 Å². The molecule has 0 saturated carbocycles. The van der Waals surface area contributed by atoms with Gasteiger partial charge in [-0.1, -0.05) is 0 Å². The minimum atomic E-state index is -1.06. The SMILES string of the molecule is O=C(O)c1[se]c(C(=O)O)c(-c2ccccc2)c1-c1ccccc1. The first-order valence-corrected chi connectivity index (χ1v) is 8.55. The predicted octanol–water partition coefficient (Wildman–Crippen LogP) is 3.47. The first-order chi connectivity index (χ1) is 11.1. The summed E-state index contributed by atoms with van der Waals surface area (Å²) in [6, 6.07) is 18.2. The number of hydrogen-bond acceptors (Lipinski definition) is 2. The van der Waals surface area contributed by atoms with Crippen molar-refractivity contribution in [2.45, 2.75) is 0 Å². The second kappa shape index (κ2) is 6.24. The van der Waals surface area contributed by atoms with Gasteiger partial charge in [-0.05, 0) is 0 Å². The predicted molar refractivity (Wildman–Crippen MR) is 88.2 cm³/mol. The second-order valence-electron chi connectivity index (χ2n) is 4.85. The summed E-state index contributed by atoms with van der Waals surface area (Å²) < 4.78 is 0.361. The van der Waals surface area contributed by atoms with Gasteiger partial charge in [0.15, 0.2) is 0 Å². The molecule has 0 amide bonds. The van der Waals surface area contributed by atoms with Crippen molar-refractivity contribution in [2.24, 2.45) is 0 Å². The Morgan fingerprint density at radius 3 is 1.30 bits per heavy atom. The Labute approximate surface area is 138 Å². The van der Waals surface area contributed by atoms with Crippen LogP contribution in [0.3, 0.4) is 0 Å². The number of carboxylic acids is 2. The molecule has 0 atom stereocenters. The van der Waals surface area contributed by atoms with Crippen molar-refractivity contribution in [3.05, 3.63) is 69.5 Å². The summed E-state index contributed by atoms with van der Waals surface area (Å²) in [5.41, 5.74) is 2.48. The molecule has 1 heterocycles. The molecule has 23 heavy (non-hydrogen) atoms. The molecule has 1 aromatic heterocycles. The van der Waals surface area contributed by atoms with Gasteiger partial charge >= 0.3 is 138 Å². The van der Waals surface area contributed by atoms with Gasteiger partial charge in [0.25, 0.3) is 0 Å². The molecule has 2 aromatic carbocycles. The molecule has 0 unspecified atom stereocenters. The van der Waals surface area contributed by atoms with Crippen molar-refractivity contribution in [2.75, 3.05) is 0 Å². The van der Waals surface area contributed by atoms with E-state index in [1.54, 1.807) is 0 Å². The third-order valence-electron chi connectivity index (χ3n) is 3.42. The Morgan fingerprint density at radius 1 is 0.652 bits per heavy atom. The Hall–Kier alpha value is -2.62. The van der Waals surface area contributed by atoms with Crippen LogP contribution in [0, 0.1) is 0 Å². The van der Waals surface area contributed by atoms with Crippen molar-refractivity contribution < 1.29 is 19.8 Å². The molecular formula is C18H12O4Se. The zero-order valence-corrected chi connectivity index (χ0v) is 13.6. The van der Waals surface area contributed by atoms with E-state index in [4.69, 9.17) is 0 Å². The van der Waals surface area contributed by atoms with Gasteiger partial charge in [-0.15, -0.1) is 0 Å². The van der Waals surface area contributed by atoms with Crippen LogP contribution in [0.4, 0.5) is 0 Å². The summed E-state index contributed by atoms with van der Waals surface area (Å²) in [5.74, 6) is -2.12. The summed E-state index contributed by atoms with van der Waals surface area (Å²) in [7, 11) is 0. The molecule has 0 radical (unpaired) electrons. The van der Waals surface area contributed by atoms with Crippen LogP contribution in [0.25, 0.3) is 22.3 Å². The number of benzene rings is 2. The van der Waals surface area contributed by atoms with Gasteiger partial charge in [0.05, 0.1) is 0 Å². The topological polar surface area (TPSA) is 74.6 Å². The molecule has 0 saturated heterocycles. The van der Waals surface area contributed by atoms with Crippen LogP contribution in [-0.2, 0) is 0 Å². The van der Waals surface area contributed by atoms with Crippen LogP contribution in [0.5, 0.6) is 0 Å². The normalized spacial score (nSPS) is 10.4. The summed E-state index contributed by atoms with van der Waals surface area (Å²) >= 11 is -0.742. The zero-order valence-electron chi connectivity index (χ0n) is 11.9. The van der Waals surface area contributed by atoms with Crippen LogP contribution in [0.15, 0.2) is 60.7 Å². The Kier molecular flexibility index (Phi) is 4.15. The quantitative estimate of drug-likeness (QED) is 0.689. The monoisotopic (exact) mass is 372 g/mol. The van der Waals surface area contributed by atoms with E-state index < -0.39 is 26.4 Å². The van der Waals surface area contributed by atoms with Crippen LogP contribution in [0.1, 0.15) is 18.5 Å². The van der Waals surface area contributed by atoms with Gasteiger partial charge in [-0.2, -0.15) is 0 Å². The van der Waals surface area contributed by atoms with Crippen molar-refractivity contribution in [3.63, 3.8) is 0 Å². The molecule has 4 nitrogen and oxygen atoms in total. The number of aromatic carboxylic acids is 2. The van der Waals surface area contributed by atoms with Crippen LogP contribution < -0.4 is 0 Å². The Balaban J connectivity index is 2.40. The molecule has 2 N–H and O–H groups in total. The Morgan fingerprint density at radius 2 is 1.00 bits per heavy atom. The van der Waals surface area contributed by atoms with Gasteiger partial charge in [0.1, 0.15) is 0 Å². The van der Waals surface area contributed by atoms with Gasteiger partial charge in [0.2, 0.25) is 0 Å². The van der Waals surface area contributed by atoms with Gasteiger partial charge in [0, 0.05) is 0 Å². The van der Waals surface area contributed by atoms with E-state index in [0.717, 1.165) is 11.1 Å². The molecule has 0 aliphatic heterocycles. The molecule has 3 rings (SSSR count). The Bertz CT molecular complexity index is 795. The van der Waals surface area contributed by atoms with Gasteiger partial charge in [-0.3, -0.25) is 0 Å². The van der Waals surface area contributed by atoms with Crippen molar-refractivity contribution in [3.8, 4) is 22.3 Å². The molecule has 0 aliphatic carbocycles. The maximum atomic E-state index is 11.7. The van der Waals surface area contributed by atoms with E-state index in [0.29, 0.717) is 11.1 Å². The van der Waals surface area contributed by atoms with E-state index in [1.165, 1.54) is 0 Å². The zero-order chi connectivity index (χ0) is 16.4. The number of rotatable bonds is 4. The summed E-state index contributed by atoms with van der Waals surface area (Å²) in [6.07, 6.45) is 0. The molecule has 5 heteroatoms. The molecule has 0 fully saturated rings. The minimum absolute atomic E-state index is 0.181. The number of hydrogen-bond donors (Lipinski definition) is 2. The van der Waals surface area contributed by atoms with E-state index in [1.807, 2.05) is 60.7 Å². The van der Waals surface area contributed by atoms with Crippen LogP contribution in [0.2, 0.25) is 0 Å².